The van der Waals surface area contributed by atoms with Crippen LogP contribution in [0, 0.1) is 5.82 Å². The highest BCUT2D eigenvalue weighted by atomic mass is 19.1. The van der Waals surface area contributed by atoms with E-state index in [0.717, 1.165) is 38.9 Å². The van der Waals surface area contributed by atoms with Crippen molar-refractivity contribution in [2.24, 2.45) is 0 Å². The van der Waals surface area contributed by atoms with Crippen LogP contribution in [0.25, 0.3) is 0 Å². The lowest BCUT2D eigenvalue weighted by Crippen LogP contribution is -2.43. The Bertz CT molecular complexity index is 941. The van der Waals surface area contributed by atoms with Crippen LogP contribution >= 0.6 is 0 Å². The van der Waals surface area contributed by atoms with Crippen LogP contribution in [-0.4, -0.2) is 49.9 Å². The molecule has 6 nitrogen and oxygen atoms in total. The fourth-order valence-electron chi connectivity index (χ4n) is 4.47. The maximum absolute atomic E-state index is 13.0. The van der Waals surface area contributed by atoms with Crippen molar-refractivity contribution in [3.63, 3.8) is 0 Å². The van der Waals surface area contributed by atoms with Crippen LogP contribution in [-0.2, 0) is 16.0 Å². The second-order valence-electron chi connectivity index (χ2n) is 8.34. The molecule has 164 valence electrons. The van der Waals surface area contributed by atoms with Gasteiger partial charge in [-0.2, -0.15) is 0 Å². The van der Waals surface area contributed by atoms with E-state index in [-0.39, 0.29) is 6.04 Å². The fraction of sp³-hybridized carbons (Fsp3) is 0.417. The Hall–Kier alpha value is -2.93. The Balaban J connectivity index is 1.44. The van der Waals surface area contributed by atoms with Crippen LogP contribution in [0.3, 0.4) is 0 Å². The van der Waals surface area contributed by atoms with Crippen molar-refractivity contribution in [1.29, 1.82) is 0 Å². The molecule has 7 heteroatoms. The lowest BCUT2D eigenvalue weighted by Gasteiger charge is -2.35. The number of halogens is 1. The molecule has 2 aliphatic rings. The molecule has 0 aromatic heterocycles. The van der Waals surface area contributed by atoms with Crippen molar-refractivity contribution >= 4 is 23.2 Å². The Kier molecular flexibility index (Phi) is 6.51. The minimum absolute atomic E-state index is 0.0269. The van der Waals surface area contributed by atoms with E-state index in [9.17, 15) is 14.0 Å². The van der Waals surface area contributed by atoms with Crippen molar-refractivity contribution in [3.05, 3.63) is 59.4 Å². The van der Waals surface area contributed by atoms with Crippen LogP contribution in [0.1, 0.15) is 36.4 Å². The first-order valence-electron chi connectivity index (χ1n) is 10.9. The van der Waals surface area contributed by atoms with E-state index in [1.54, 1.807) is 0 Å². The van der Waals surface area contributed by atoms with Gasteiger partial charge in [0.2, 0.25) is 0 Å². The quantitative estimate of drug-likeness (QED) is 0.724. The number of amides is 2. The third-order valence-corrected chi connectivity index (χ3v) is 6.21. The molecule has 2 aromatic carbocycles. The van der Waals surface area contributed by atoms with Crippen molar-refractivity contribution in [2.75, 3.05) is 43.4 Å². The second kappa shape index (κ2) is 9.47. The van der Waals surface area contributed by atoms with E-state index >= 15 is 0 Å². The summed E-state index contributed by atoms with van der Waals surface area (Å²) in [5.41, 5.74) is 4.17. The van der Waals surface area contributed by atoms with Crippen LogP contribution in [0.15, 0.2) is 42.5 Å². The van der Waals surface area contributed by atoms with E-state index in [2.05, 4.69) is 45.7 Å². The molecule has 2 aromatic rings. The zero-order valence-electron chi connectivity index (χ0n) is 17.9. The van der Waals surface area contributed by atoms with Gasteiger partial charge in [-0.3, -0.25) is 14.5 Å². The first-order valence-corrected chi connectivity index (χ1v) is 10.9. The summed E-state index contributed by atoms with van der Waals surface area (Å²) in [4.78, 5) is 29.4. The first kappa shape index (κ1) is 21.3. The van der Waals surface area contributed by atoms with Crippen LogP contribution in [0.2, 0.25) is 0 Å². The Morgan fingerprint density at radius 3 is 2.48 bits per heavy atom. The molecule has 0 aliphatic carbocycles. The molecule has 2 amide bonds. The summed E-state index contributed by atoms with van der Waals surface area (Å²) in [6.07, 6.45) is 4.54. The average molecular weight is 425 g/mol. The zero-order chi connectivity index (χ0) is 21.8. The molecule has 0 saturated carbocycles. The second-order valence-corrected chi connectivity index (χ2v) is 8.34. The lowest BCUT2D eigenvalue weighted by molar-refractivity contribution is -0.136. The predicted molar refractivity (Wildman–Crippen MR) is 120 cm³/mol. The standard InChI is InChI=1S/C24H29FN4O2/c1-28-14-11-18-15-17(5-10-21(18)28)22(29-12-3-2-4-13-29)16-26-23(30)24(31)27-20-8-6-19(25)7-9-20/h5-10,15,22H,2-4,11-14,16H2,1H3,(H,26,30)(H,27,31)/t22-/m1/s1. The number of piperidine rings is 1. The third kappa shape index (κ3) is 5.05. The topological polar surface area (TPSA) is 64.7 Å². The van der Waals surface area contributed by atoms with Gasteiger partial charge in [-0.05, 0) is 73.8 Å². The summed E-state index contributed by atoms with van der Waals surface area (Å²) in [6, 6.07) is 11.9. The number of nitrogens with one attached hydrogen (secondary N) is 2. The number of carbonyl (C=O) groups excluding carboxylic acids is 2. The van der Waals surface area contributed by atoms with Crippen molar-refractivity contribution in [1.82, 2.24) is 10.2 Å². The van der Waals surface area contributed by atoms with Gasteiger partial charge in [0.1, 0.15) is 5.82 Å². The zero-order valence-corrected chi connectivity index (χ0v) is 17.9. The summed E-state index contributed by atoms with van der Waals surface area (Å²) < 4.78 is 13.0. The maximum Gasteiger partial charge on any atom is 0.313 e. The molecular weight excluding hydrogens is 395 g/mol. The average Bonchev–Trinajstić information content (AvgIpc) is 3.16. The van der Waals surface area contributed by atoms with Gasteiger partial charge in [-0.25, -0.2) is 4.39 Å². The van der Waals surface area contributed by atoms with E-state index in [4.69, 9.17) is 0 Å². The van der Waals surface area contributed by atoms with Gasteiger partial charge in [-0.1, -0.05) is 18.6 Å². The number of hydrogen-bond donors (Lipinski definition) is 2. The number of benzene rings is 2. The summed E-state index contributed by atoms with van der Waals surface area (Å²) in [5, 5.41) is 5.32. The number of likely N-dealkylation sites (tertiary alicyclic amines) is 1. The third-order valence-electron chi connectivity index (χ3n) is 6.21. The molecule has 0 spiro atoms. The van der Waals surface area contributed by atoms with Gasteiger partial charge < -0.3 is 15.5 Å². The Labute approximate surface area is 182 Å². The Morgan fingerprint density at radius 1 is 1.00 bits per heavy atom. The van der Waals surface area contributed by atoms with E-state index in [1.165, 1.54) is 47.5 Å². The molecule has 2 aliphatic heterocycles. The first-order chi connectivity index (χ1) is 15.0. The molecule has 1 atom stereocenters. The smallest absolute Gasteiger partial charge is 0.313 e. The predicted octanol–water partition coefficient (Wildman–Crippen LogP) is 3.10. The monoisotopic (exact) mass is 424 g/mol. The van der Waals surface area contributed by atoms with E-state index in [1.807, 2.05) is 0 Å². The molecule has 2 heterocycles. The SMILES string of the molecule is CN1CCc2cc([C@@H](CNC(=O)C(=O)Nc3ccc(F)cc3)N3CCCCC3)ccc21. The van der Waals surface area contributed by atoms with Crippen LogP contribution in [0.5, 0.6) is 0 Å². The molecule has 4 rings (SSSR count). The number of rotatable bonds is 5. The Morgan fingerprint density at radius 2 is 1.74 bits per heavy atom. The van der Waals surface area contributed by atoms with Crippen LogP contribution in [0.4, 0.5) is 15.8 Å². The molecule has 31 heavy (non-hydrogen) atoms. The van der Waals surface area contributed by atoms with E-state index in [0.29, 0.717) is 12.2 Å². The molecule has 2 N–H and O–H groups in total. The molecule has 0 unspecified atom stereocenters. The highest BCUT2D eigenvalue weighted by Gasteiger charge is 2.26. The number of hydrogen-bond acceptors (Lipinski definition) is 4. The molecule has 1 fully saturated rings. The molecule has 1 saturated heterocycles. The minimum Gasteiger partial charge on any atom is -0.374 e. The van der Waals surface area contributed by atoms with Crippen molar-refractivity contribution in [2.45, 2.75) is 31.7 Å². The summed E-state index contributed by atoms with van der Waals surface area (Å²) in [5.74, 6) is -1.83. The van der Waals surface area contributed by atoms with Gasteiger partial charge in [0.15, 0.2) is 0 Å². The summed E-state index contributed by atoms with van der Waals surface area (Å²) in [7, 11) is 2.10. The van der Waals surface area contributed by atoms with Gasteiger partial charge >= 0.3 is 11.8 Å². The summed E-state index contributed by atoms with van der Waals surface area (Å²) >= 11 is 0. The molecule has 0 bridgehead atoms. The minimum atomic E-state index is -0.750. The van der Waals surface area contributed by atoms with Crippen molar-refractivity contribution < 1.29 is 14.0 Å². The normalized spacial score (nSPS) is 17.2. The van der Waals surface area contributed by atoms with Crippen molar-refractivity contribution in [3.8, 4) is 0 Å². The van der Waals surface area contributed by atoms with Gasteiger partial charge in [0.25, 0.3) is 0 Å². The number of carbonyl (C=O) groups is 2. The largest absolute Gasteiger partial charge is 0.374 e. The van der Waals surface area contributed by atoms with Gasteiger partial charge in [0.05, 0.1) is 6.04 Å². The van der Waals surface area contributed by atoms with Gasteiger partial charge in [0, 0.05) is 31.5 Å². The summed E-state index contributed by atoms with van der Waals surface area (Å²) in [6.45, 7) is 3.36. The number of likely N-dealkylation sites (N-methyl/N-ethyl adjacent to an activating group) is 1. The van der Waals surface area contributed by atoms with Crippen LogP contribution < -0.4 is 15.5 Å². The molecule has 0 radical (unpaired) electrons. The highest BCUT2D eigenvalue weighted by Crippen LogP contribution is 2.32. The lowest BCUT2D eigenvalue weighted by atomic mass is 9.98. The molecular formula is C24H29FN4O2. The van der Waals surface area contributed by atoms with Gasteiger partial charge in [-0.15, -0.1) is 0 Å². The number of anilines is 2. The van der Waals surface area contributed by atoms with E-state index < -0.39 is 17.6 Å². The fourth-order valence-corrected chi connectivity index (χ4v) is 4.47. The number of fused-ring (bicyclic) bond motifs is 1. The maximum atomic E-state index is 13.0. The highest BCUT2D eigenvalue weighted by molar-refractivity contribution is 6.39. The number of nitrogens with zero attached hydrogens (tertiary/aromatic N) is 2.